The first-order chi connectivity index (χ1) is 25.0. The number of ether oxygens (including phenoxy) is 2. The maximum absolute atomic E-state index is 12.1. The van der Waals surface area contributed by atoms with Crippen LogP contribution < -0.4 is 9.80 Å². The third kappa shape index (κ3) is 8.05. The molecule has 0 aliphatic carbocycles. The van der Waals surface area contributed by atoms with Crippen molar-refractivity contribution < 1.29 is 26.3 Å². The second kappa shape index (κ2) is 14.9. The van der Waals surface area contributed by atoms with Gasteiger partial charge < -0.3 is 19.3 Å². The molecule has 0 amide bonds. The highest BCUT2D eigenvalue weighted by Gasteiger charge is 2.17. The summed E-state index contributed by atoms with van der Waals surface area (Å²) in [5, 5.41) is 0. The Labute approximate surface area is 302 Å². The Morgan fingerprint density at radius 2 is 1.06 bits per heavy atom. The van der Waals surface area contributed by atoms with Crippen molar-refractivity contribution in [2.24, 2.45) is 0 Å². The van der Waals surface area contributed by atoms with E-state index in [0.717, 1.165) is 76.6 Å². The quantitative estimate of drug-likeness (QED) is 0.225. The molecule has 2 aliphatic heterocycles. The molecule has 6 aromatic rings. The fraction of sp³-hybridized carbons (Fsp3) is 0.263. The summed E-state index contributed by atoms with van der Waals surface area (Å²) in [6.45, 7) is 5.93. The summed E-state index contributed by atoms with van der Waals surface area (Å²) < 4.78 is 58.6. The molecular weight excluding hydrogens is 701 g/mol. The Balaban J connectivity index is 0.000000162. The molecule has 0 saturated carbocycles. The average Bonchev–Trinajstić information content (AvgIpc) is 3.17. The van der Waals surface area contributed by atoms with Gasteiger partial charge in [-0.05, 0) is 59.2 Å². The number of nitrogens with zero attached hydrogens (tertiary/aromatic N) is 6. The molecule has 4 aromatic carbocycles. The molecule has 0 spiro atoms. The zero-order valence-electron chi connectivity index (χ0n) is 28.8. The molecule has 0 unspecified atom stereocenters. The fourth-order valence-corrected chi connectivity index (χ4v) is 7.75. The highest BCUT2D eigenvalue weighted by Crippen LogP contribution is 2.30. The average molecular weight is 739 g/mol. The van der Waals surface area contributed by atoms with Crippen molar-refractivity contribution in [1.29, 1.82) is 0 Å². The summed E-state index contributed by atoms with van der Waals surface area (Å²) >= 11 is 0. The van der Waals surface area contributed by atoms with Crippen LogP contribution in [0.5, 0.6) is 0 Å². The minimum absolute atomic E-state index is 0.309. The van der Waals surface area contributed by atoms with E-state index in [0.29, 0.717) is 41.8 Å². The van der Waals surface area contributed by atoms with Gasteiger partial charge in [0.25, 0.3) is 0 Å². The number of aromatic nitrogens is 4. The van der Waals surface area contributed by atoms with Crippen LogP contribution in [0.1, 0.15) is 0 Å². The first-order valence-electron chi connectivity index (χ1n) is 16.8. The Bertz CT molecular complexity index is 2470. The highest BCUT2D eigenvalue weighted by atomic mass is 32.2. The first kappa shape index (κ1) is 35.4. The molecule has 52 heavy (non-hydrogen) atoms. The molecular formula is C38H38N6O6S2. The highest BCUT2D eigenvalue weighted by molar-refractivity contribution is 7.91. The largest absolute Gasteiger partial charge is 0.378 e. The number of anilines is 2. The predicted molar refractivity (Wildman–Crippen MR) is 202 cm³/mol. The van der Waals surface area contributed by atoms with Crippen LogP contribution in [0.2, 0.25) is 0 Å². The second-order valence-corrected chi connectivity index (χ2v) is 16.6. The van der Waals surface area contributed by atoms with Crippen molar-refractivity contribution >= 4 is 53.4 Å². The summed E-state index contributed by atoms with van der Waals surface area (Å²) in [5.74, 6) is 1.65. The lowest BCUT2D eigenvalue weighted by Crippen LogP contribution is -2.36. The summed E-state index contributed by atoms with van der Waals surface area (Å²) in [5.41, 5.74) is 6.37. The molecule has 0 radical (unpaired) electrons. The van der Waals surface area contributed by atoms with E-state index in [4.69, 9.17) is 19.4 Å². The summed E-state index contributed by atoms with van der Waals surface area (Å²) in [4.78, 5) is 23.4. The van der Waals surface area contributed by atoms with Gasteiger partial charge in [-0.3, -0.25) is 9.97 Å². The zero-order valence-corrected chi connectivity index (χ0v) is 30.5. The maximum atomic E-state index is 12.1. The van der Waals surface area contributed by atoms with Gasteiger partial charge >= 0.3 is 0 Å². The van der Waals surface area contributed by atoms with E-state index in [9.17, 15) is 16.8 Å². The summed E-state index contributed by atoms with van der Waals surface area (Å²) in [6, 6.07) is 25.4. The van der Waals surface area contributed by atoms with Crippen LogP contribution >= 0.6 is 0 Å². The third-order valence-corrected chi connectivity index (χ3v) is 11.2. The van der Waals surface area contributed by atoms with Crippen LogP contribution in [0.15, 0.2) is 107 Å². The van der Waals surface area contributed by atoms with Crippen LogP contribution in [-0.2, 0) is 29.1 Å². The van der Waals surface area contributed by atoms with Gasteiger partial charge in [0.15, 0.2) is 19.7 Å². The number of benzene rings is 4. The summed E-state index contributed by atoms with van der Waals surface area (Å²) in [6.07, 6.45) is 6.01. The van der Waals surface area contributed by atoms with Gasteiger partial charge in [0.05, 0.1) is 70.7 Å². The second-order valence-electron chi connectivity index (χ2n) is 12.6. The fourth-order valence-electron chi connectivity index (χ4n) is 6.17. The Hall–Kier alpha value is -5.02. The van der Waals surface area contributed by atoms with E-state index < -0.39 is 19.7 Å². The molecule has 2 saturated heterocycles. The Kier molecular flexibility index (Phi) is 10.1. The molecule has 12 nitrogen and oxygen atoms in total. The molecule has 14 heteroatoms. The van der Waals surface area contributed by atoms with Crippen molar-refractivity contribution in [2.75, 3.05) is 74.9 Å². The molecule has 0 bridgehead atoms. The van der Waals surface area contributed by atoms with Crippen molar-refractivity contribution in [1.82, 2.24) is 19.9 Å². The van der Waals surface area contributed by atoms with Crippen molar-refractivity contribution in [2.45, 2.75) is 9.79 Å². The van der Waals surface area contributed by atoms with E-state index in [-0.39, 0.29) is 0 Å². The molecule has 8 rings (SSSR count). The lowest BCUT2D eigenvalue weighted by atomic mass is 10.0. The topological polar surface area (TPSA) is 145 Å². The Morgan fingerprint density at radius 1 is 0.538 bits per heavy atom. The standard InChI is InChI=1S/2C19H19N3O3S/c1-26(23,24)16-4-2-3-14(11-16)15-5-6-17-18(12-15)21-19(13-20-17)22-7-9-25-10-8-22;1-26(23,24)18-5-3-2-4-15(18)14-6-7-16-17(12-14)21-19(13-20-16)22-8-10-25-11-9-22/h2-6,11-13H,7-10H2,1H3;2-7,12-13H,8-11H2,1H3. The number of morpholine rings is 2. The van der Waals surface area contributed by atoms with Crippen LogP contribution in [0.4, 0.5) is 11.6 Å². The number of hydrogen-bond donors (Lipinski definition) is 0. The van der Waals surface area contributed by atoms with Crippen LogP contribution in [-0.4, -0.2) is 102 Å². The molecule has 2 aromatic heterocycles. The number of sulfone groups is 2. The van der Waals surface area contributed by atoms with Crippen molar-refractivity contribution in [3.63, 3.8) is 0 Å². The van der Waals surface area contributed by atoms with E-state index in [1.165, 1.54) is 12.5 Å². The van der Waals surface area contributed by atoms with Crippen LogP contribution in [0.3, 0.4) is 0 Å². The predicted octanol–water partition coefficient (Wildman–Crippen LogP) is 5.07. The number of fused-ring (bicyclic) bond motifs is 2. The van der Waals surface area contributed by atoms with Crippen molar-refractivity contribution in [3.8, 4) is 22.3 Å². The smallest absolute Gasteiger partial charge is 0.176 e. The van der Waals surface area contributed by atoms with E-state index in [1.807, 2.05) is 54.6 Å². The normalized spacial score (nSPS) is 15.3. The number of hydrogen-bond acceptors (Lipinski definition) is 12. The van der Waals surface area contributed by atoms with E-state index in [1.54, 1.807) is 42.7 Å². The molecule has 268 valence electrons. The SMILES string of the molecule is CS(=O)(=O)c1cccc(-c2ccc3ncc(N4CCOCC4)nc3c2)c1.CS(=O)(=O)c1ccccc1-c1ccc2ncc(N3CCOCC3)nc2c1. The van der Waals surface area contributed by atoms with Crippen LogP contribution in [0.25, 0.3) is 44.3 Å². The third-order valence-electron chi connectivity index (χ3n) is 8.92. The van der Waals surface area contributed by atoms with Gasteiger partial charge in [0, 0.05) is 44.3 Å². The van der Waals surface area contributed by atoms with Gasteiger partial charge in [0.2, 0.25) is 0 Å². The molecule has 4 heterocycles. The number of rotatable bonds is 6. The molecule has 0 atom stereocenters. The minimum Gasteiger partial charge on any atom is -0.378 e. The lowest BCUT2D eigenvalue weighted by Gasteiger charge is -2.27. The van der Waals surface area contributed by atoms with E-state index in [2.05, 4.69) is 19.8 Å². The minimum atomic E-state index is -3.32. The van der Waals surface area contributed by atoms with Gasteiger partial charge in [-0.15, -0.1) is 0 Å². The molecule has 0 N–H and O–H groups in total. The maximum Gasteiger partial charge on any atom is 0.176 e. The van der Waals surface area contributed by atoms with Gasteiger partial charge in [0.1, 0.15) is 11.6 Å². The van der Waals surface area contributed by atoms with Gasteiger partial charge in [-0.25, -0.2) is 26.8 Å². The van der Waals surface area contributed by atoms with Gasteiger partial charge in [-0.1, -0.05) is 42.5 Å². The van der Waals surface area contributed by atoms with E-state index >= 15 is 0 Å². The zero-order chi connectivity index (χ0) is 36.3. The lowest BCUT2D eigenvalue weighted by molar-refractivity contribution is 0.122. The molecule has 2 aliphatic rings. The van der Waals surface area contributed by atoms with Crippen molar-refractivity contribution in [3.05, 3.63) is 97.3 Å². The van der Waals surface area contributed by atoms with Crippen LogP contribution in [0, 0.1) is 0 Å². The molecule has 2 fully saturated rings. The monoisotopic (exact) mass is 738 g/mol. The first-order valence-corrected chi connectivity index (χ1v) is 20.6. The van der Waals surface area contributed by atoms with Gasteiger partial charge in [-0.2, -0.15) is 0 Å². The summed E-state index contributed by atoms with van der Waals surface area (Å²) in [7, 11) is -6.56. The Morgan fingerprint density at radius 3 is 1.62 bits per heavy atom.